The highest BCUT2D eigenvalue weighted by molar-refractivity contribution is 8.01. The van der Waals surface area contributed by atoms with E-state index in [4.69, 9.17) is 9.84 Å². The molecule has 0 radical (unpaired) electrons. The molecule has 2 aliphatic heterocycles. The number of unbranched alkanes of at least 4 members (excludes halogenated alkanes) is 1. The number of fused-ring (bicyclic) bond motifs is 2. The number of thioether (sulfide) groups is 1. The Morgan fingerprint density at radius 1 is 1.09 bits per heavy atom. The van der Waals surface area contributed by atoms with Gasteiger partial charge in [-0.25, -0.2) is 0 Å². The zero-order chi connectivity index (χ0) is 16.1. The van der Waals surface area contributed by atoms with Crippen molar-refractivity contribution >= 4 is 17.7 Å². The van der Waals surface area contributed by atoms with E-state index in [9.17, 15) is 4.79 Å². The summed E-state index contributed by atoms with van der Waals surface area (Å²) in [7, 11) is 0. The Morgan fingerprint density at radius 2 is 1.83 bits per heavy atom. The Balaban J connectivity index is 1.42. The van der Waals surface area contributed by atoms with Crippen LogP contribution in [0.25, 0.3) is 0 Å². The van der Waals surface area contributed by atoms with E-state index in [0.717, 1.165) is 48.2 Å². The lowest BCUT2D eigenvalue weighted by Gasteiger charge is -2.30. The number of allylic oxidation sites excluding steroid dienone is 2. The van der Waals surface area contributed by atoms with Gasteiger partial charge in [-0.3, -0.25) is 4.79 Å². The van der Waals surface area contributed by atoms with Crippen LogP contribution in [0.5, 0.6) is 0 Å². The van der Waals surface area contributed by atoms with Crippen LogP contribution in [-0.2, 0) is 9.53 Å². The summed E-state index contributed by atoms with van der Waals surface area (Å²) in [4.78, 5) is 10.5. The molecule has 0 spiro atoms. The van der Waals surface area contributed by atoms with Crippen LogP contribution in [0.1, 0.15) is 64.2 Å². The fourth-order valence-corrected chi connectivity index (χ4v) is 6.46. The molecule has 1 aliphatic carbocycles. The van der Waals surface area contributed by atoms with E-state index in [-0.39, 0.29) is 6.42 Å². The molecule has 0 unspecified atom stereocenters. The number of hydrogen-bond acceptors (Lipinski definition) is 3. The number of carbonyl (C=O) groups is 1. The number of ether oxygens (including phenoxy) is 1. The molecule has 0 aromatic rings. The van der Waals surface area contributed by atoms with Crippen LogP contribution in [0.2, 0.25) is 0 Å². The van der Waals surface area contributed by atoms with E-state index < -0.39 is 5.97 Å². The zero-order valence-electron chi connectivity index (χ0n) is 14.0. The predicted molar refractivity (Wildman–Crippen MR) is 94.8 cm³/mol. The normalized spacial score (nSPS) is 33.9. The molecule has 0 aromatic heterocycles. The summed E-state index contributed by atoms with van der Waals surface area (Å²) in [5.41, 5.74) is 0. The zero-order valence-corrected chi connectivity index (χ0v) is 14.8. The van der Waals surface area contributed by atoms with Gasteiger partial charge in [0, 0.05) is 16.9 Å². The Kier molecular flexibility index (Phi) is 6.46. The van der Waals surface area contributed by atoms with Crippen LogP contribution < -0.4 is 0 Å². The third-order valence-corrected chi connectivity index (χ3v) is 7.62. The van der Waals surface area contributed by atoms with Crippen molar-refractivity contribution in [2.24, 2.45) is 11.8 Å². The summed E-state index contributed by atoms with van der Waals surface area (Å²) in [5, 5.41) is 10.3. The van der Waals surface area contributed by atoms with Gasteiger partial charge < -0.3 is 9.84 Å². The molecule has 4 atom stereocenters. The van der Waals surface area contributed by atoms with Crippen LogP contribution in [-0.4, -0.2) is 34.3 Å². The molecule has 0 amide bonds. The second kappa shape index (κ2) is 8.57. The minimum atomic E-state index is -0.688. The summed E-state index contributed by atoms with van der Waals surface area (Å²) in [6.07, 6.45) is 16.1. The molecule has 2 heterocycles. The van der Waals surface area contributed by atoms with Gasteiger partial charge in [-0.2, -0.15) is 11.8 Å². The van der Waals surface area contributed by atoms with E-state index in [2.05, 4.69) is 23.9 Å². The molecule has 2 saturated heterocycles. The van der Waals surface area contributed by atoms with E-state index in [1.807, 2.05) is 0 Å². The third-order valence-electron chi connectivity index (χ3n) is 5.75. The van der Waals surface area contributed by atoms with Crippen molar-refractivity contribution < 1.29 is 14.6 Å². The van der Waals surface area contributed by atoms with E-state index >= 15 is 0 Å². The first-order valence-electron chi connectivity index (χ1n) is 9.38. The second-order valence-corrected chi connectivity index (χ2v) is 8.83. The molecule has 3 aliphatic rings. The maximum Gasteiger partial charge on any atom is 0.303 e. The lowest BCUT2D eigenvalue weighted by atomic mass is 9.78. The van der Waals surface area contributed by atoms with Crippen molar-refractivity contribution in [1.82, 2.24) is 0 Å². The van der Waals surface area contributed by atoms with Crippen molar-refractivity contribution in [1.29, 1.82) is 0 Å². The van der Waals surface area contributed by atoms with Gasteiger partial charge in [0.05, 0.1) is 12.7 Å². The van der Waals surface area contributed by atoms with Crippen LogP contribution in [0.3, 0.4) is 0 Å². The molecular formula is C19H30O3S. The van der Waals surface area contributed by atoms with Gasteiger partial charge in [-0.05, 0) is 56.8 Å². The highest BCUT2D eigenvalue weighted by Crippen LogP contribution is 2.54. The third kappa shape index (κ3) is 4.76. The van der Waals surface area contributed by atoms with Crippen LogP contribution >= 0.6 is 11.8 Å². The first-order valence-corrected chi connectivity index (χ1v) is 10.3. The molecule has 2 bridgehead atoms. The molecular weight excluding hydrogens is 308 g/mol. The maximum atomic E-state index is 10.5. The Bertz CT molecular complexity index is 417. The summed E-state index contributed by atoms with van der Waals surface area (Å²) in [6.45, 7) is 0.969. The average Bonchev–Trinajstić information content (AvgIpc) is 3.25. The van der Waals surface area contributed by atoms with Gasteiger partial charge in [0.2, 0.25) is 0 Å². The molecule has 130 valence electrons. The highest BCUT2D eigenvalue weighted by atomic mass is 32.2. The number of hydrogen-bond donors (Lipinski definition) is 1. The number of carboxylic acid groups (broad SMARTS) is 1. The van der Waals surface area contributed by atoms with Gasteiger partial charge >= 0.3 is 5.97 Å². The molecule has 0 aromatic carbocycles. The van der Waals surface area contributed by atoms with Gasteiger partial charge in [0.1, 0.15) is 0 Å². The minimum Gasteiger partial charge on any atom is -0.481 e. The minimum absolute atomic E-state index is 0.284. The van der Waals surface area contributed by atoms with Gasteiger partial charge in [0.25, 0.3) is 0 Å². The van der Waals surface area contributed by atoms with Gasteiger partial charge in [-0.15, -0.1) is 0 Å². The first kappa shape index (κ1) is 17.3. The Hall–Kier alpha value is -0.480. The van der Waals surface area contributed by atoms with Crippen LogP contribution in [0.15, 0.2) is 12.2 Å². The van der Waals surface area contributed by atoms with Crippen molar-refractivity contribution in [3.63, 3.8) is 0 Å². The van der Waals surface area contributed by atoms with Gasteiger partial charge in [0.15, 0.2) is 0 Å². The SMILES string of the molecule is O=C(O)CCC/C=C\C[C@@H]1[C@H](COC2CCCC2)[C@@H]2CC[C@@H]1S2. The molecule has 1 N–H and O–H groups in total. The molecule has 3 rings (SSSR count). The van der Waals surface area contributed by atoms with Crippen LogP contribution in [0.4, 0.5) is 0 Å². The topological polar surface area (TPSA) is 46.5 Å². The first-order chi connectivity index (χ1) is 11.2. The molecule has 1 saturated carbocycles. The predicted octanol–water partition coefficient (Wildman–Crippen LogP) is 4.66. The number of carboxylic acids is 1. The standard InChI is InChI=1S/C19H30O3S/c20-19(21)10-4-2-1-3-9-15-16(18-12-11-17(15)23-18)13-22-14-7-5-6-8-14/h1,3,14-18H,2,4-13H2,(H,20,21)/b3-1-/t15-,16+,17+,18+/m1/s1. The Morgan fingerprint density at radius 3 is 2.57 bits per heavy atom. The summed E-state index contributed by atoms with van der Waals surface area (Å²) < 4.78 is 6.24. The van der Waals surface area contributed by atoms with E-state index in [0.29, 0.717) is 6.10 Å². The van der Waals surface area contributed by atoms with E-state index in [1.54, 1.807) is 0 Å². The van der Waals surface area contributed by atoms with Crippen molar-refractivity contribution in [3.8, 4) is 0 Å². The molecule has 3 nitrogen and oxygen atoms in total. The van der Waals surface area contributed by atoms with Crippen molar-refractivity contribution in [2.75, 3.05) is 6.61 Å². The number of rotatable bonds is 9. The average molecular weight is 339 g/mol. The fraction of sp³-hybridized carbons (Fsp3) is 0.842. The van der Waals surface area contributed by atoms with E-state index in [1.165, 1.54) is 38.5 Å². The lowest BCUT2D eigenvalue weighted by molar-refractivity contribution is -0.137. The van der Waals surface area contributed by atoms with Crippen LogP contribution in [0, 0.1) is 11.8 Å². The number of aliphatic carboxylic acids is 1. The van der Waals surface area contributed by atoms with Crippen molar-refractivity contribution in [2.45, 2.75) is 80.8 Å². The largest absolute Gasteiger partial charge is 0.481 e. The fourth-order valence-electron chi connectivity index (χ4n) is 4.47. The lowest BCUT2D eigenvalue weighted by Crippen LogP contribution is -2.31. The van der Waals surface area contributed by atoms with Gasteiger partial charge in [-0.1, -0.05) is 25.0 Å². The second-order valence-electron chi connectivity index (χ2n) is 7.35. The summed E-state index contributed by atoms with van der Waals surface area (Å²) in [5.74, 6) is 0.825. The smallest absolute Gasteiger partial charge is 0.303 e. The van der Waals surface area contributed by atoms with Crippen molar-refractivity contribution in [3.05, 3.63) is 12.2 Å². The molecule has 23 heavy (non-hydrogen) atoms. The highest BCUT2D eigenvalue weighted by Gasteiger charge is 2.47. The maximum absolute atomic E-state index is 10.5. The quantitative estimate of drug-likeness (QED) is 0.491. The Labute approximate surface area is 144 Å². The monoisotopic (exact) mass is 338 g/mol. The summed E-state index contributed by atoms with van der Waals surface area (Å²) >= 11 is 2.21. The molecule has 4 heteroatoms. The summed E-state index contributed by atoms with van der Waals surface area (Å²) in [6, 6.07) is 0. The molecule has 3 fully saturated rings.